The minimum atomic E-state index is -4.77. The lowest BCUT2D eigenvalue weighted by molar-refractivity contribution is -0.388. The zero-order valence-electron chi connectivity index (χ0n) is 7.41. The molecule has 0 radical (unpaired) electrons. The maximum atomic E-state index is 12.5. The highest BCUT2D eigenvalue weighted by atomic mass is 19.4. The Labute approximate surface area is 82.7 Å². The number of hydrogen-bond donors (Lipinski definition) is 1. The topological polar surface area (TPSA) is 69.2 Å². The minimum absolute atomic E-state index is 0.281. The highest BCUT2D eigenvalue weighted by Gasteiger charge is 2.40. The summed E-state index contributed by atoms with van der Waals surface area (Å²) in [6, 6.07) is 3.10. The maximum Gasteiger partial charge on any atom is 0.423 e. The summed E-state index contributed by atoms with van der Waals surface area (Å²) in [6.07, 6.45) is -4.77. The van der Waals surface area contributed by atoms with E-state index in [1.165, 1.54) is 6.07 Å². The molecule has 0 aliphatic rings. The number of nitro benzene ring substituents is 1. The number of benzene rings is 1. The highest BCUT2D eigenvalue weighted by Crippen LogP contribution is 2.38. The van der Waals surface area contributed by atoms with Gasteiger partial charge in [-0.3, -0.25) is 10.1 Å². The van der Waals surface area contributed by atoms with Gasteiger partial charge in [0, 0.05) is 12.6 Å². The highest BCUT2D eigenvalue weighted by molar-refractivity contribution is 5.47. The zero-order chi connectivity index (χ0) is 11.6. The molecule has 4 nitrogen and oxygen atoms in total. The molecule has 0 aliphatic heterocycles. The normalized spacial score (nSPS) is 11.5. The van der Waals surface area contributed by atoms with Crippen LogP contribution in [0.3, 0.4) is 0 Å². The Balaban J connectivity index is 3.47. The van der Waals surface area contributed by atoms with E-state index in [-0.39, 0.29) is 5.56 Å². The minimum Gasteiger partial charge on any atom is -0.326 e. The number of rotatable bonds is 2. The largest absolute Gasteiger partial charge is 0.423 e. The quantitative estimate of drug-likeness (QED) is 0.612. The fourth-order valence-electron chi connectivity index (χ4n) is 1.24. The third kappa shape index (κ3) is 2.24. The molecule has 1 rings (SSSR count). The number of nitro groups is 1. The molecule has 15 heavy (non-hydrogen) atoms. The zero-order valence-corrected chi connectivity index (χ0v) is 7.41. The van der Waals surface area contributed by atoms with Crippen molar-refractivity contribution in [2.24, 2.45) is 5.73 Å². The molecule has 0 aromatic heterocycles. The maximum absolute atomic E-state index is 12.5. The summed E-state index contributed by atoms with van der Waals surface area (Å²) < 4.78 is 37.5. The molecule has 0 spiro atoms. The van der Waals surface area contributed by atoms with Crippen LogP contribution in [0.1, 0.15) is 11.1 Å². The Morgan fingerprint density at radius 2 is 2.00 bits per heavy atom. The van der Waals surface area contributed by atoms with Gasteiger partial charge in [0.2, 0.25) is 0 Å². The van der Waals surface area contributed by atoms with E-state index in [9.17, 15) is 23.3 Å². The van der Waals surface area contributed by atoms with E-state index in [0.717, 1.165) is 12.1 Å². The Kier molecular flexibility index (Phi) is 2.94. The monoisotopic (exact) mass is 220 g/mol. The van der Waals surface area contributed by atoms with Crippen molar-refractivity contribution < 1.29 is 18.1 Å². The van der Waals surface area contributed by atoms with E-state index in [0.29, 0.717) is 0 Å². The second-order valence-electron chi connectivity index (χ2n) is 2.77. The number of nitrogens with zero attached hydrogens (tertiary/aromatic N) is 1. The molecule has 0 bridgehead atoms. The number of nitrogens with two attached hydrogens (primary N) is 1. The second kappa shape index (κ2) is 3.85. The van der Waals surface area contributed by atoms with Crippen molar-refractivity contribution >= 4 is 5.69 Å². The van der Waals surface area contributed by atoms with Crippen molar-refractivity contribution in [1.82, 2.24) is 0 Å². The van der Waals surface area contributed by atoms with Gasteiger partial charge in [0.25, 0.3) is 5.69 Å². The van der Waals surface area contributed by atoms with Crippen molar-refractivity contribution in [3.8, 4) is 0 Å². The van der Waals surface area contributed by atoms with E-state index >= 15 is 0 Å². The summed E-state index contributed by atoms with van der Waals surface area (Å²) in [5.41, 5.74) is 2.58. The average molecular weight is 220 g/mol. The van der Waals surface area contributed by atoms with Gasteiger partial charge in [-0.15, -0.1) is 0 Å². The summed E-state index contributed by atoms with van der Waals surface area (Å²) in [6.45, 7) is -0.392. The molecular formula is C8H7F3N2O2. The lowest BCUT2D eigenvalue weighted by Crippen LogP contribution is -2.14. The molecule has 0 saturated carbocycles. The van der Waals surface area contributed by atoms with Crippen LogP contribution in [0.2, 0.25) is 0 Å². The first-order chi connectivity index (χ1) is 6.88. The van der Waals surface area contributed by atoms with Gasteiger partial charge in [-0.25, -0.2) is 0 Å². The summed E-state index contributed by atoms with van der Waals surface area (Å²) in [4.78, 5) is 9.33. The molecular weight excluding hydrogens is 213 g/mol. The van der Waals surface area contributed by atoms with Crippen LogP contribution in [0.25, 0.3) is 0 Å². The van der Waals surface area contributed by atoms with Gasteiger partial charge in [0.1, 0.15) is 5.56 Å². The molecule has 7 heteroatoms. The summed E-state index contributed by atoms with van der Waals surface area (Å²) >= 11 is 0. The van der Waals surface area contributed by atoms with Crippen molar-refractivity contribution in [2.45, 2.75) is 12.7 Å². The van der Waals surface area contributed by atoms with E-state index < -0.39 is 28.9 Å². The second-order valence-corrected chi connectivity index (χ2v) is 2.77. The number of halogens is 3. The van der Waals surface area contributed by atoms with Gasteiger partial charge in [0.15, 0.2) is 0 Å². The fourth-order valence-corrected chi connectivity index (χ4v) is 1.24. The van der Waals surface area contributed by atoms with Crippen LogP contribution in [0.5, 0.6) is 0 Å². The van der Waals surface area contributed by atoms with Crippen molar-refractivity contribution in [1.29, 1.82) is 0 Å². The lowest BCUT2D eigenvalue weighted by Gasteiger charge is -2.11. The lowest BCUT2D eigenvalue weighted by atomic mass is 10.1. The molecule has 0 amide bonds. The smallest absolute Gasteiger partial charge is 0.326 e. The molecule has 0 saturated heterocycles. The SMILES string of the molecule is NCc1cccc([N+](=O)[O-])c1C(F)(F)F. The van der Waals surface area contributed by atoms with Crippen LogP contribution in [-0.2, 0) is 12.7 Å². The summed E-state index contributed by atoms with van der Waals surface area (Å²) in [7, 11) is 0. The molecule has 0 fully saturated rings. The van der Waals surface area contributed by atoms with Gasteiger partial charge in [-0.1, -0.05) is 12.1 Å². The Morgan fingerprint density at radius 3 is 2.40 bits per heavy atom. The van der Waals surface area contributed by atoms with Crippen molar-refractivity contribution in [3.63, 3.8) is 0 Å². The summed E-state index contributed by atoms with van der Waals surface area (Å²) in [5.74, 6) is 0. The third-order valence-electron chi connectivity index (χ3n) is 1.83. The van der Waals surface area contributed by atoms with Crippen LogP contribution in [0.4, 0.5) is 18.9 Å². The van der Waals surface area contributed by atoms with Crippen molar-refractivity contribution in [2.75, 3.05) is 0 Å². The Hall–Kier alpha value is -1.63. The molecule has 1 aromatic rings. The predicted molar refractivity (Wildman–Crippen MR) is 46.0 cm³/mol. The van der Waals surface area contributed by atoms with Crippen LogP contribution in [-0.4, -0.2) is 4.92 Å². The van der Waals surface area contributed by atoms with E-state index in [4.69, 9.17) is 5.73 Å². The van der Waals surface area contributed by atoms with Gasteiger partial charge in [-0.05, 0) is 5.56 Å². The standard InChI is InChI=1S/C8H7F3N2O2/c9-8(10,11)7-5(4-12)2-1-3-6(7)13(14)15/h1-3H,4,12H2. The van der Waals surface area contributed by atoms with Gasteiger partial charge < -0.3 is 5.73 Å². The third-order valence-corrected chi connectivity index (χ3v) is 1.83. The fraction of sp³-hybridized carbons (Fsp3) is 0.250. The van der Waals surface area contributed by atoms with E-state index in [1.54, 1.807) is 0 Å². The Bertz CT molecular complexity index is 390. The van der Waals surface area contributed by atoms with Gasteiger partial charge in [0.05, 0.1) is 4.92 Å². The number of hydrogen-bond acceptors (Lipinski definition) is 3. The molecule has 0 atom stereocenters. The molecule has 0 unspecified atom stereocenters. The summed E-state index contributed by atoms with van der Waals surface area (Å²) in [5, 5.41) is 10.4. The first kappa shape index (κ1) is 11.4. The first-order valence-electron chi connectivity index (χ1n) is 3.91. The average Bonchev–Trinajstić information content (AvgIpc) is 2.15. The molecule has 0 aliphatic carbocycles. The van der Waals surface area contributed by atoms with Crippen molar-refractivity contribution in [3.05, 3.63) is 39.4 Å². The number of alkyl halides is 3. The Morgan fingerprint density at radius 1 is 1.40 bits per heavy atom. The molecule has 1 aromatic carbocycles. The van der Waals surface area contributed by atoms with Crippen LogP contribution in [0, 0.1) is 10.1 Å². The van der Waals surface area contributed by atoms with E-state index in [1.807, 2.05) is 0 Å². The molecule has 0 heterocycles. The van der Waals surface area contributed by atoms with Crippen LogP contribution in [0.15, 0.2) is 18.2 Å². The van der Waals surface area contributed by atoms with E-state index in [2.05, 4.69) is 0 Å². The van der Waals surface area contributed by atoms with Crippen LogP contribution >= 0.6 is 0 Å². The predicted octanol–water partition coefficient (Wildman–Crippen LogP) is 2.07. The molecule has 82 valence electrons. The van der Waals surface area contributed by atoms with Gasteiger partial charge >= 0.3 is 6.18 Å². The van der Waals surface area contributed by atoms with Crippen LogP contribution < -0.4 is 5.73 Å². The van der Waals surface area contributed by atoms with Gasteiger partial charge in [-0.2, -0.15) is 13.2 Å². The molecule has 2 N–H and O–H groups in total. The first-order valence-corrected chi connectivity index (χ1v) is 3.91.